The van der Waals surface area contributed by atoms with Crippen LogP contribution in [0.2, 0.25) is 0 Å². The van der Waals surface area contributed by atoms with Crippen LogP contribution in [0.3, 0.4) is 0 Å². The van der Waals surface area contributed by atoms with E-state index in [2.05, 4.69) is 20.6 Å². The fraction of sp³-hybridized carbons (Fsp3) is 0.444. The van der Waals surface area contributed by atoms with Gasteiger partial charge in [-0.1, -0.05) is 0 Å². The Kier molecular flexibility index (Phi) is 5.88. The molecule has 2 N–H and O–H groups in total. The van der Waals surface area contributed by atoms with Crippen LogP contribution >= 0.6 is 11.8 Å². The molecule has 0 amide bonds. The van der Waals surface area contributed by atoms with E-state index < -0.39 is 0 Å². The van der Waals surface area contributed by atoms with Crippen molar-refractivity contribution < 1.29 is 4.42 Å². The van der Waals surface area contributed by atoms with Crippen LogP contribution in [0.5, 0.6) is 0 Å². The molecule has 0 radical (unpaired) electrons. The summed E-state index contributed by atoms with van der Waals surface area (Å²) in [7, 11) is 1.62. The van der Waals surface area contributed by atoms with E-state index in [9.17, 15) is 0 Å². The molecule has 0 unspecified atom stereocenters. The van der Waals surface area contributed by atoms with E-state index in [1.807, 2.05) is 0 Å². The van der Waals surface area contributed by atoms with Gasteiger partial charge in [0, 0.05) is 19.3 Å². The van der Waals surface area contributed by atoms with E-state index in [0.717, 1.165) is 23.9 Å². The molecule has 0 bridgehead atoms. The second kappa shape index (κ2) is 7.59. The Morgan fingerprint density at radius 2 is 2.62 bits per heavy atom. The number of nitrogens with one attached hydrogen (secondary N) is 2. The van der Waals surface area contributed by atoms with Gasteiger partial charge in [0.2, 0.25) is 11.9 Å². The highest BCUT2D eigenvalue weighted by Gasteiger charge is 1.98. The smallest absolute Gasteiger partial charge is 0.204 e. The molecule has 0 aliphatic heterocycles. The average Bonchev–Trinajstić information content (AvgIpc) is 2.80. The second-order valence-electron chi connectivity index (χ2n) is 2.71. The molecule has 1 aromatic rings. The van der Waals surface area contributed by atoms with E-state index in [-0.39, 0.29) is 0 Å². The van der Waals surface area contributed by atoms with Crippen LogP contribution in [-0.2, 0) is 5.75 Å². The minimum atomic E-state index is 0.485. The van der Waals surface area contributed by atoms with Crippen LogP contribution < -0.4 is 10.6 Å². The normalized spacial score (nSPS) is 10.9. The van der Waals surface area contributed by atoms with Crippen molar-refractivity contribution in [2.24, 2.45) is 4.99 Å². The highest BCUT2D eigenvalue weighted by atomic mass is 32.2. The highest BCUT2D eigenvalue weighted by Crippen LogP contribution is 2.08. The Balaban J connectivity index is 2.06. The van der Waals surface area contributed by atoms with Crippen LogP contribution in [-0.4, -0.2) is 30.3 Å². The third kappa shape index (κ3) is 4.70. The zero-order chi connectivity index (χ0) is 11.6. The SMILES string of the molecule is CN=C(NC#N)NCCSCc1ncco1. The molecule has 1 heterocycles. The van der Waals surface area contributed by atoms with Gasteiger partial charge in [0.05, 0.1) is 11.9 Å². The molecular formula is C9H13N5OS. The summed E-state index contributed by atoms with van der Waals surface area (Å²) < 4.78 is 5.09. The second-order valence-corrected chi connectivity index (χ2v) is 3.82. The van der Waals surface area contributed by atoms with E-state index >= 15 is 0 Å². The van der Waals surface area contributed by atoms with Crippen LogP contribution in [0.25, 0.3) is 0 Å². The van der Waals surface area contributed by atoms with Crippen LogP contribution in [0.4, 0.5) is 0 Å². The lowest BCUT2D eigenvalue weighted by atomic mass is 10.7. The number of thioether (sulfide) groups is 1. The van der Waals surface area contributed by atoms with Crippen molar-refractivity contribution in [1.82, 2.24) is 15.6 Å². The van der Waals surface area contributed by atoms with Crippen molar-refractivity contribution in [2.75, 3.05) is 19.3 Å². The standard InChI is InChI=1S/C9H13N5OS/c1-11-9(14-7-10)13-3-5-16-6-8-12-2-4-15-8/h2,4H,3,5-6H2,1H3,(H2,11,13,14). The first-order valence-corrected chi connectivity index (χ1v) is 5.84. The summed E-state index contributed by atoms with van der Waals surface area (Å²) >= 11 is 1.70. The largest absolute Gasteiger partial charge is 0.448 e. The first-order chi connectivity index (χ1) is 7.86. The van der Waals surface area contributed by atoms with Gasteiger partial charge < -0.3 is 9.73 Å². The molecule has 0 saturated carbocycles. The molecule has 0 aliphatic carbocycles. The first-order valence-electron chi connectivity index (χ1n) is 4.68. The maximum Gasteiger partial charge on any atom is 0.204 e. The van der Waals surface area contributed by atoms with Gasteiger partial charge in [-0.2, -0.15) is 17.0 Å². The average molecular weight is 239 g/mol. The molecule has 1 rings (SSSR count). The number of oxazole rings is 1. The van der Waals surface area contributed by atoms with Crippen molar-refractivity contribution in [3.63, 3.8) is 0 Å². The Hall–Kier alpha value is -1.68. The molecule has 0 spiro atoms. The lowest BCUT2D eigenvalue weighted by Crippen LogP contribution is -2.35. The Morgan fingerprint density at radius 3 is 3.25 bits per heavy atom. The molecule has 1 aromatic heterocycles. The van der Waals surface area contributed by atoms with Gasteiger partial charge in [-0.25, -0.2) is 4.98 Å². The van der Waals surface area contributed by atoms with E-state index in [1.165, 1.54) is 0 Å². The summed E-state index contributed by atoms with van der Waals surface area (Å²) in [4.78, 5) is 7.86. The minimum Gasteiger partial charge on any atom is -0.448 e. The van der Waals surface area contributed by atoms with Crippen molar-refractivity contribution in [3.8, 4) is 6.19 Å². The van der Waals surface area contributed by atoms with Gasteiger partial charge >= 0.3 is 0 Å². The summed E-state index contributed by atoms with van der Waals surface area (Å²) in [6, 6.07) is 0. The van der Waals surface area contributed by atoms with Crippen LogP contribution in [0.1, 0.15) is 5.89 Å². The van der Waals surface area contributed by atoms with Gasteiger partial charge in [0.25, 0.3) is 0 Å². The number of nitriles is 1. The fourth-order valence-corrected chi connectivity index (χ4v) is 1.67. The number of aromatic nitrogens is 1. The van der Waals surface area contributed by atoms with Crippen LogP contribution in [0, 0.1) is 11.5 Å². The molecular weight excluding hydrogens is 226 g/mol. The Bertz CT molecular complexity index is 356. The van der Waals surface area contributed by atoms with Crippen molar-refractivity contribution in [3.05, 3.63) is 18.4 Å². The quantitative estimate of drug-likeness (QED) is 0.257. The number of guanidine groups is 1. The molecule has 6 nitrogen and oxygen atoms in total. The maximum atomic E-state index is 8.39. The Morgan fingerprint density at radius 1 is 1.75 bits per heavy atom. The predicted molar refractivity (Wildman–Crippen MR) is 62.8 cm³/mol. The van der Waals surface area contributed by atoms with Gasteiger partial charge in [0.1, 0.15) is 6.26 Å². The first kappa shape index (κ1) is 12.4. The highest BCUT2D eigenvalue weighted by molar-refractivity contribution is 7.98. The van der Waals surface area contributed by atoms with E-state index in [0.29, 0.717) is 5.96 Å². The summed E-state index contributed by atoms with van der Waals surface area (Å²) in [5, 5.41) is 13.8. The molecule has 0 fully saturated rings. The van der Waals surface area contributed by atoms with Gasteiger partial charge in [-0.3, -0.25) is 10.3 Å². The van der Waals surface area contributed by atoms with Gasteiger partial charge in [0.15, 0.2) is 6.19 Å². The maximum absolute atomic E-state index is 8.39. The number of hydrogen-bond acceptors (Lipinski definition) is 5. The predicted octanol–water partition coefficient (Wildman–Crippen LogP) is 0.554. The Labute approximate surface area is 98.1 Å². The van der Waals surface area contributed by atoms with Crippen LogP contribution in [0.15, 0.2) is 21.9 Å². The molecule has 86 valence electrons. The van der Waals surface area contributed by atoms with Gasteiger partial charge in [-0.15, -0.1) is 0 Å². The number of nitrogens with zero attached hydrogens (tertiary/aromatic N) is 3. The fourth-order valence-electron chi connectivity index (χ4n) is 0.957. The summed E-state index contributed by atoms with van der Waals surface area (Å²) in [5.74, 6) is 2.84. The summed E-state index contributed by atoms with van der Waals surface area (Å²) in [5.41, 5.74) is 0. The molecule has 0 atom stereocenters. The number of rotatable bonds is 5. The zero-order valence-corrected chi connectivity index (χ0v) is 9.75. The topological polar surface area (TPSA) is 86.2 Å². The number of hydrogen-bond donors (Lipinski definition) is 2. The van der Waals surface area contributed by atoms with Gasteiger partial charge in [-0.05, 0) is 0 Å². The lowest BCUT2D eigenvalue weighted by molar-refractivity contribution is 0.517. The third-order valence-electron chi connectivity index (χ3n) is 1.65. The zero-order valence-electron chi connectivity index (χ0n) is 8.93. The summed E-state index contributed by atoms with van der Waals surface area (Å²) in [6.45, 7) is 0.729. The van der Waals surface area contributed by atoms with E-state index in [4.69, 9.17) is 9.68 Å². The molecule has 0 saturated heterocycles. The third-order valence-corrected chi connectivity index (χ3v) is 2.59. The molecule has 0 aromatic carbocycles. The number of aliphatic imine (C=N–C) groups is 1. The van der Waals surface area contributed by atoms with E-state index in [1.54, 1.807) is 37.5 Å². The molecule has 0 aliphatic rings. The summed E-state index contributed by atoms with van der Waals surface area (Å²) in [6.07, 6.45) is 5.00. The lowest BCUT2D eigenvalue weighted by Gasteiger charge is -2.05. The van der Waals surface area contributed by atoms with Crippen molar-refractivity contribution >= 4 is 17.7 Å². The monoisotopic (exact) mass is 239 g/mol. The van der Waals surface area contributed by atoms with Crippen molar-refractivity contribution in [2.45, 2.75) is 5.75 Å². The molecule has 7 heteroatoms. The minimum absolute atomic E-state index is 0.485. The van der Waals surface area contributed by atoms with Crippen molar-refractivity contribution in [1.29, 1.82) is 5.26 Å². The molecule has 16 heavy (non-hydrogen) atoms.